The molecule has 2 aromatic heterocycles. The van der Waals surface area contributed by atoms with Crippen LogP contribution in [0.5, 0.6) is 0 Å². The SMILES string of the molecule is [C-]#[N+]c1c(-c2c(-c3ccc4c(=O)[nH]nc(CN)c4c3)c(F)nn2C)ccc2ccccc12. The van der Waals surface area contributed by atoms with Gasteiger partial charge in [0, 0.05) is 24.5 Å². The summed E-state index contributed by atoms with van der Waals surface area (Å²) in [4.78, 5) is 15.9. The van der Waals surface area contributed by atoms with Gasteiger partial charge in [-0.05, 0) is 28.5 Å². The predicted molar refractivity (Wildman–Crippen MR) is 122 cm³/mol. The Hall–Kier alpha value is -4.35. The standard InChI is InChI=1S/C24H17FN6O/c1-27-21-15-6-4-3-5-13(15)7-10-17(21)22-20(23(25)30-31(22)2)14-8-9-16-18(11-14)19(12-26)28-29-24(16)32/h3-11H,12,26H2,2H3,(H,29,32). The summed E-state index contributed by atoms with van der Waals surface area (Å²) in [5.41, 5.74) is 8.19. The molecule has 0 aliphatic rings. The van der Waals surface area contributed by atoms with Crippen LogP contribution in [0.1, 0.15) is 5.69 Å². The number of rotatable bonds is 3. The average molecular weight is 424 g/mol. The largest absolute Gasteiger partial charge is 0.325 e. The lowest BCUT2D eigenvalue weighted by molar-refractivity contribution is 0.556. The van der Waals surface area contributed by atoms with Crippen molar-refractivity contribution in [1.29, 1.82) is 0 Å². The minimum absolute atomic E-state index is 0.117. The number of aromatic nitrogens is 4. The molecule has 0 saturated heterocycles. The Balaban J connectivity index is 1.83. The van der Waals surface area contributed by atoms with E-state index >= 15 is 4.39 Å². The Labute approximate surface area is 181 Å². The summed E-state index contributed by atoms with van der Waals surface area (Å²) >= 11 is 0. The summed E-state index contributed by atoms with van der Waals surface area (Å²) in [6, 6.07) is 16.3. The third kappa shape index (κ3) is 2.87. The monoisotopic (exact) mass is 424 g/mol. The van der Waals surface area contributed by atoms with E-state index in [0.717, 1.165) is 10.8 Å². The molecule has 0 saturated carbocycles. The van der Waals surface area contributed by atoms with Crippen LogP contribution >= 0.6 is 0 Å². The molecule has 0 aliphatic carbocycles. The Kier molecular flexibility index (Phi) is 4.54. The highest BCUT2D eigenvalue weighted by molar-refractivity contribution is 6.04. The van der Waals surface area contributed by atoms with Gasteiger partial charge in [0.25, 0.3) is 5.56 Å². The molecular formula is C24H17FN6O. The van der Waals surface area contributed by atoms with Crippen LogP contribution in [-0.4, -0.2) is 20.0 Å². The molecular weight excluding hydrogens is 407 g/mol. The molecule has 0 spiro atoms. The topological polar surface area (TPSA) is 93.9 Å². The zero-order valence-corrected chi connectivity index (χ0v) is 17.1. The highest BCUT2D eigenvalue weighted by Crippen LogP contribution is 2.42. The maximum absolute atomic E-state index is 15.1. The minimum Gasteiger partial charge on any atom is -0.325 e. The second-order valence-corrected chi connectivity index (χ2v) is 7.40. The molecule has 156 valence electrons. The number of nitrogens with one attached hydrogen (secondary N) is 1. The summed E-state index contributed by atoms with van der Waals surface area (Å²) < 4.78 is 16.6. The average Bonchev–Trinajstić information content (AvgIpc) is 3.11. The maximum atomic E-state index is 15.1. The van der Waals surface area contributed by atoms with E-state index in [-0.39, 0.29) is 17.7 Å². The number of H-pyrrole nitrogens is 1. The first kappa shape index (κ1) is 19.6. The van der Waals surface area contributed by atoms with Crippen molar-refractivity contribution in [1.82, 2.24) is 20.0 Å². The number of halogens is 1. The van der Waals surface area contributed by atoms with Gasteiger partial charge in [-0.15, -0.1) is 5.10 Å². The summed E-state index contributed by atoms with van der Waals surface area (Å²) in [5.74, 6) is -0.668. The molecule has 0 amide bonds. The van der Waals surface area contributed by atoms with Gasteiger partial charge in [0.2, 0.25) is 11.6 Å². The lowest BCUT2D eigenvalue weighted by atomic mass is 9.95. The van der Waals surface area contributed by atoms with E-state index in [9.17, 15) is 4.79 Å². The van der Waals surface area contributed by atoms with Gasteiger partial charge in [-0.25, -0.2) is 9.94 Å². The molecule has 7 nitrogen and oxygen atoms in total. The Morgan fingerprint density at radius 2 is 1.94 bits per heavy atom. The molecule has 0 atom stereocenters. The van der Waals surface area contributed by atoms with E-state index in [1.165, 1.54) is 4.68 Å². The van der Waals surface area contributed by atoms with Crippen molar-refractivity contribution >= 4 is 27.2 Å². The van der Waals surface area contributed by atoms with E-state index in [4.69, 9.17) is 12.3 Å². The Bertz CT molecular complexity index is 1630. The molecule has 0 bridgehead atoms. The van der Waals surface area contributed by atoms with E-state index in [1.807, 2.05) is 36.4 Å². The predicted octanol–water partition coefficient (Wildman–Crippen LogP) is 4.29. The zero-order valence-electron chi connectivity index (χ0n) is 17.1. The smallest absolute Gasteiger partial charge is 0.272 e. The molecule has 3 N–H and O–H groups in total. The lowest BCUT2D eigenvalue weighted by Crippen LogP contribution is -2.13. The van der Waals surface area contributed by atoms with Crippen LogP contribution in [0.2, 0.25) is 0 Å². The number of nitrogens with two attached hydrogens (primary N) is 1. The van der Waals surface area contributed by atoms with Gasteiger partial charge < -0.3 is 5.73 Å². The van der Waals surface area contributed by atoms with Crippen LogP contribution in [0, 0.1) is 12.5 Å². The van der Waals surface area contributed by atoms with Gasteiger partial charge in [0.05, 0.1) is 28.9 Å². The van der Waals surface area contributed by atoms with Crippen LogP contribution < -0.4 is 11.3 Å². The second kappa shape index (κ2) is 7.41. The minimum atomic E-state index is -0.668. The first-order valence-electron chi connectivity index (χ1n) is 9.87. The Morgan fingerprint density at radius 1 is 1.12 bits per heavy atom. The summed E-state index contributed by atoms with van der Waals surface area (Å²) in [6.45, 7) is 7.91. The first-order chi connectivity index (χ1) is 15.5. The molecule has 0 fully saturated rings. The number of nitrogens with zero attached hydrogens (tertiary/aromatic N) is 4. The van der Waals surface area contributed by atoms with Gasteiger partial charge in [0.1, 0.15) is 0 Å². The van der Waals surface area contributed by atoms with Crippen LogP contribution in [0.25, 0.3) is 48.8 Å². The number of hydrogen-bond donors (Lipinski definition) is 2. The molecule has 5 aromatic rings. The van der Waals surface area contributed by atoms with Gasteiger partial charge in [0.15, 0.2) is 0 Å². The number of benzene rings is 3. The Morgan fingerprint density at radius 3 is 2.72 bits per heavy atom. The molecule has 2 heterocycles. The molecule has 32 heavy (non-hydrogen) atoms. The number of hydrogen-bond acceptors (Lipinski definition) is 4. The number of fused-ring (bicyclic) bond motifs is 2. The zero-order chi connectivity index (χ0) is 22.4. The van der Waals surface area contributed by atoms with Gasteiger partial charge in [-0.3, -0.25) is 9.48 Å². The molecule has 8 heteroatoms. The summed E-state index contributed by atoms with van der Waals surface area (Å²) in [5, 5.41) is 13.1. The molecule has 3 aromatic carbocycles. The number of aromatic amines is 1. The maximum Gasteiger partial charge on any atom is 0.272 e. The molecule has 5 rings (SSSR count). The fraction of sp³-hybridized carbons (Fsp3) is 0.0833. The second-order valence-electron chi connectivity index (χ2n) is 7.40. The van der Waals surface area contributed by atoms with E-state index in [1.54, 1.807) is 25.2 Å². The first-order valence-corrected chi connectivity index (χ1v) is 9.87. The number of aryl methyl sites for hydroxylation is 1. The summed E-state index contributed by atoms with van der Waals surface area (Å²) in [7, 11) is 1.64. The van der Waals surface area contributed by atoms with Crippen LogP contribution in [-0.2, 0) is 13.6 Å². The van der Waals surface area contributed by atoms with Gasteiger partial charge in [-0.1, -0.05) is 42.5 Å². The van der Waals surface area contributed by atoms with Crippen LogP contribution in [0.15, 0.2) is 59.4 Å². The highest BCUT2D eigenvalue weighted by atomic mass is 19.1. The highest BCUT2D eigenvalue weighted by Gasteiger charge is 2.23. The summed E-state index contributed by atoms with van der Waals surface area (Å²) in [6.07, 6.45) is 0. The third-order valence-corrected chi connectivity index (χ3v) is 5.62. The molecule has 0 unspecified atom stereocenters. The van der Waals surface area contributed by atoms with Crippen molar-refractivity contribution in [3.05, 3.63) is 88.0 Å². The van der Waals surface area contributed by atoms with Crippen molar-refractivity contribution in [2.75, 3.05) is 0 Å². The molecule has 0 radical (unpaired) electrons. The van der Waals surface area contributed by atoms with Crippen molar-refractivity contribution in [3.63, 3.8) is 0 Å². The van der Waals surface area contributed by atoms with Gasteiger partial charge >= 0.3 is 0 Å². The van der Waals surface area contributed by atoms with E-state index in [0.29, 0.717) is 39.0 Å². The van der Waals surface area contributed by atoms with Crippen LogP contribution in [0.4, 0.5) is 10.1 Å². The third-order valence-electron chi connectivity index (χ3n) is 5.62. The fourth-order valence-corrected chi connectivity index (χ4v) is 4.15. The normalized spacial score (nSPS) is 11.2. The quantitative estimate of drug-likeness (QED) is 0.423. The van der Waals surface area contributed by atoms with Crippen molar-refractivity contribution < 1.29 is 4.39 Å². The van der Waals surface area contributed by atoms with Crippen LogP contribution in [0.3, 0.4) is 0 Å². The van der Waals surface area contributed by atoms with Crippen molar-refractivity contribution in [3.8, 4) is 22.4 Å². The fourth-order valence-electron chi connectivity index (χ4n) is 4.15. The lowest BCUT2D eigenvalue weighted by Gasteiger charge is -2.12. The van der Waals surface area contributed by atoms with E-state index < -0.39 is 5.95 Å². The van der Waals surface area contributed by atoms with Crippen molar-refractivity contribution in [2.45, 2.75) is 6.54 Å². The van der Waals surface area contributed by atoms with E-state index in [2.05, 4.69) is 20.1 Å². The van der Waals surface area contributed by atoms with Crippen molar-refractivity contribution in [2.24, 2.45) is 12.8 Å². The van der Waals surface area contributed by atoms with Gasteiger partial charge in [-0.2, -0.15) is 9.49 Å². The molecule has 0 aliphatic heterocycles.